The van der Waals surface area contributed by atoms with Crippen LogP contribution < -0.4 is 5.90 Å². The Labute approximate surface area is 92.9 Å². The average molecular weight is 230 g/mol. The highest BCUT2D eigenvalue weighted by molar-refractivity contribution is 6.30. The highest BCUT2D eigenvalue weighted by Crippen LogP contribution is 2.13. The standard InChI is InChI=1S/C10H12ClNO3/c1-14-10(13)9(15-12)6-7-3-2-4-8(11)5-7/h2-5,9H,6,12H2,1H3. The summed E-state index contributed by atoms with van der Waals surface area (Å²) < 4.78 is 4.53. The summed E-state index contributed by atoms with van der Waals surface area (Å²) in [5, 5.41) is 0.605. The van der Waals surface area contributed by atoms with Crippen molar-refractivity contribution in [1.29, 1.82) is 0 Å². The Morgan fingerprint density at radius 1 is 1.60 bits per heavy atom. The summed E-state index contributed by atoms with van der Waals surface area (Å²) in [6, 6.07) is 7.13. The average Bonchev–Trinajstić information content (AvgIpc) is 2.25. The molecule has 0 aliphatic carbocycles. The van der Waals surface area contributed by atoms with E-state index in [4.69, 9.17) is 17.5 Å². The third-order valence-corrected chi connectivity index (χ3v) is 2.17. The van der Waals surface area contributed by atoms with Crippen LogP contribution in [0.15, 0.2) is 24.3 Å². The van der Waals surface area contributed by atoms with Crippen LogP contribution in [-0.2, 0) is 20.8 Å². The van der Waals surface area contributed by atoms with Gasteiger partial charge in [-0.25, -0.2) is 10.7 Å². The van der Waals surface area contributed by atoms with Gasteiger partial charge in [-0.05, 0) is 17.7 Å². The first-order valence-corrected chi connectivity index (χ1v) is 4.73. The lowest BCUT2D eigenvalue weighted by atomic mass is 10.1. The van der Waals surface area contributed by atoms with Crippen LogP contribution in [0.4, 0.5) is 0 Å². The number of hydrogen-bond donors (Lipinski definition) is 1. The lowest BCUT2D eigenvalue weighted by molar-refractivity contribution is -0.154. The van der Waals surface area contributed by atoms with E-state index in [1.165, 1.54) is 7.11 Å². The number of benzene rings is 1. The van der Waals surface area contributed by atoms with E-state index in [2.05, 4.69) is 9.57 Å². The molecule has 15 heavy (non-hydrogen) atoms. The largest absolute Gasteiger partial charge is 0.467 e. The van der Waals surface area contributed by atoms with Gasteiger partial charge in [-0.2, -0.15) is 0 Å². The minimum atomic E-state index is -0.798. The van der Waals surface area contributed by atoms with Crippen LogP contribution in [0.3, 0.4) is 0 Å². The van der Waals surface area contributed by atoms with Gasteiger partial charge in [-0.1, -0.05) is 23.7 Å². The van der Waals surface area contributed by atoms with Gasteiger partial charge in [-0.3, -0.25) is 4.84 Å². The quantitative estimate of drug-likeness (QED) is 0.625. The van der Waals surface area contributed by atoms with Crippen molar-refractivity contribution in [2.75, 3.05) is 7.11 Å². The second-order valence-corrected chi connectivity index (χ2v) is 3.42. The number of nitrogens with two attached hydrogens (primary N) is 1. The van der Waals surface area contributed by atoms with E-state index in [1.807, 2.05) is 6.07 Å². The first-order valence-electron chi connectivity index (χ1n) is 4.35. The van der Waals surface area contributed by atoms with E-state index < -0.39 is 12.1 Å². The summed E-state index contributed by atoms with van der Waals surface area (Å²) in [6.45, 7) is 0. The van der Waals surface area contributed by atoms with Gasteiger partial charge in [-0.15, -0.1) is 0 Å². The van der Waals surface area contributed by atoms with Crippen molar-refractivity contribution < 1.29 is 14.4 Å². The second-order valence-electron chi connectivity index (χ2n) is 2.98. The molecule has 0 amide bonds. The normalized spacial score (nSPS) is 12.2. The molecule has 0 fully saturated rings. The molecular formula is C10H12ClNO3. The Hall–Kier alpha value is -1.10. The molecule has 0 bridgehead atoms. The van der Waals surface area contributed by atoms with E-state index in [9.17, 15) is 4.79 Å². The third-order valence-electron chi connectivity index (χ3n) is 1.94. The van der Waals surface area contributed by atoms with E-state index in [-0.39, 0.29) is 0 Å². The molecule has 0 radical (unpaired) electrons. The highest BCUT2D eigenvalue weighted by atomic mass is 35.5. The molecule has 4 nitrogen and oxygen atoms in total. The smallest absolute Gasteiger partial charge is 0.337 e. The minimum absolute atomic E-state index is 0.337. The van der Waals surface area contributed by atoms with Crippen molar-refractivity contribution in [1.82, 2.24) is 0 Å². The zero-order valence-corrected chi connectivity index (χ0v) is 9.03. The Morgan fingerprint density at radius 2 is 2.33 bits per heavy atom. The molecule has 1 atom stereocenters. The zero-order valence-electron chi connectivity index (χ0n) is 8.27. The molecule has 2 N–H and O–H groups in total. The molecule has 0 aromatic heterocycles. The van der Waals surface area contributed by atoms with Crippen LogP contribution in [0.1, 0.15) is 5.56 Å². The van der Waals surface area contributed by atoms with Crippen LogP contribution >= 0.6 is 11.6 Å². The lowest BCUT2D eigenvalue weighted by Gasteiger charge is -2.11. The van der Waals surface area contributed by atoms with Gasteiger partial charge >= 0.3 is 5.97 Å². The number of carbonyl (C=O) groups is 1. The molecule has 5 heteroatoms. The van der Waals surface area contributed by atoms with Gasteiger partial charge in [0.1, 0.15) is 0 Å². The van der Waals surface area contributed by atoms with Crippen LogP contribution in [0.2, 0.25) is 5.02 Å². The van der Waals surface area contributed by atoms with Crippen molar-refractivity contribution >= 4 is 17.6 Å². The number of methoxy groups -OCH3 is 1. The number of esters is 1. The molecule has 0 heterocycles. The van der Waals surface area contributed by atoms with Gasteiger partial charge in [0.25, 0.3) is 0 Å². The van der Waals surface area contributed by atoms with Crippen LogP contribution in [-0.4, -0.2) is 19.2 Å². The first kappa shape index (κ1) is 12.0. The summed E-state index contributed by atoms with van der Waals surface area (Å²) in [4.78, 5) is 15.7. The van der Waals surface area contributed by atoms with Crippen LogP contribution in [0.25, 0.3) is 0 Å². The van der Waals surface area contributed by atoms with Gasteiger partial charge < -0.3 is 4.74 Å². The third kappa shape index (κ3) is 3.51. The summed E-state index contributed by atoms with van der Waals surface area (Å²) in [6.07, 6.45) is -0.461. The topological polar surface area (TPSA) is 61.5 Å². The van der Waals surface area contributed by atoms with Gasteiger partial charge in [0.05, 0.1) is 7.11 Å². The zero-order chi connectivity index (χ0) is 11.3. The van der Waals surface area contributed by atoms with Gasteiger partial charge in [0.2, 0.25) is 0 Å². The Balaban J connectivity index is 2.70. The summed E-state index contributed by atoms with van der Waals surface area (Å²) in [7, 11) is 1.28. The predicted octanol–water partition coefficient (Wildman–Crippen LogP) is 1.31. The number of rotatable bonds is 4. The molecule has 0 aliphatic rings. The van der Waals surface area contributed by atoms with E-state index in [1.54, 1.807) is 18.2 Å². The maximum absolute atomic E-state index is 11.2. The Morgan fingerprint density at radius 3 is 2.87 bits per heavy atom. The number of halogens is 1. The fourth-order valence-corrected chi connectivity index (χ4v) is 1.41. The number of ether oxygens (including phenoxy) is 1. The second kappa shape index (κ2) is 5.70. The molecule has 0 saturated carbocycles. The lowest BCUT2D eigenvalue weighted by Crippen LogP contribution is -2.30. The van der Waals surface area contributed by atoms with Crippen molar-refractivity contribution in [3.05, 3.63) is 34.9 Å². The summed E-state index contributed by atoms with van der Waals surface area (Å²) in [5.41, 5.74) is 0.864. The minimum Gasteiger partial charge on any atom is -0.467 e. The van der Waals surface area contributed by atoms with Gasteiger partial charge in [0, 0.05) is 11.4 Å². The fourth-order valence-electron chi connectivity index (χ4n) is 1.20. The number of carbonyl (C=O) groups excluding carboxylic acids is 1. The predicted molar refractivity (Wildman–Crippen MR) is 56.2 cm³/mol. The molecule has 82 valence electrons. The van der Waals surface area contributed by atoms with Crippen molar-refractivity contribution in [3.8, 4) is 0 Å². The molecular weight excluding hydrogens is 218 g/mol. The van der Waals surface area contributed by atoms with E-state index in [0.717, 1.165) is 5.56 Å². The maximum atomic E-state index is 11.2. The fraction of sp³-hybridized carbons (Fsp3) is 0.300. The van der Waals surface area contributed by atoms with Gasteiger partial charge in [0.15, 0.2) is 6.10 Å². The Bertz CT molecular complexity index is 343. The van der Waals surface area contributed by atoms with Crippen molar-refractivity contribution in [3.63, 3.8) is 0 Å². The molecule has 1 unspecified atom stereocenters. The molecule has 1 aromatic carbocycles. The summed E-state index contributed by atoms with van der Waals surface area (Å²) in [5.74, 6) is 4.50. The molecule has 1 rings (SSSR count). The SMILES string of the molecule is COC(=O)C(Cc1cccc(Cl)c1)ON. The maximum Gasteiger partial charge on any atom is 0.337 e. The molecule has 0 spiro atoms. The Kier molecular flexibility index (Phi) is 4.55. The van der Waals surface area contributed by atoms with E-state index in [0.29, 0.717) is 11.4 Å². The van der Waals surface area contributed by atoms with Crippen LogP contribution in [0, 0.1) is 0 Å². The van der Waals surface area contributed by atoms with Crippen LogP contribution in [0.5, 0.6) is 0 Å². The van der Waals surface area contributed by atoms with Crippen molar-refractivity contribution in [2.24, 2.45) is 5.90 Å². The number of hydrogen-bond acceptors (Lipinski definition) is 4. The summed E-state index contributed by atoms with van der Waals surface area (Å²) >= 11 is 5.80. The highest BCUT2D eigenvalue weighted by Gasteiger charge is 2.19. The molecule has 1 aromatic rings. The first-order chi connectivity index (χ1) is 7.17. The van der Waals surface area contributed by atoms with Crippen molar-refractivity contribution in [2.45, 2.75) is 12.5 Å². The molecule has 0 saturated heterocycles. The molecule has 0 aliphatic heterocycles. The monoisotopic (exact) mass is 229 g/mol. The van der Waals surface area contributed by atoms with E-state index >= 15 is 0 Å².